The number of nitrogens with zero attached hydrogens (tertiary/aromatic N) is 1. The number of aryl methyl sites for hydroxylation is 2. The molecule has 1 aromatic carbocycles. The molecule has 5 nitrogen and oxygen atoms in total. The van der Waals surface area contributed by atoms with Gasteiger partial charge in [0.2, 0.25) is 0 Å². The zero-order valence-electron chi connectivity index (χ0n) is 13.9. The third-order valence-electron chi connectivity index (χ3n) is 4.53. The van der Waals surface area contributed by atoms with Gasteiger partial charge in [0.1, 0.15) is 13.2 Å². The zero-order valence-corrected chi connectivity index (χ0v) is 15.5. The van der Waals surface area contributed by atoms with E-state index in [1.165, 1.54) is 28.2 Å². The van der Waals surface area contributed by atoms with Crippen LogP contribution < -0.4 is 14.8 Å². The van der Waals surface area contributed by atoms with Gasteiger partial charge in [0.25, 0.3) is 5.91 Å². The van der Waals surface area contributed by atoms with Crippen molar-refractivity contribution in [3.8, 4) is 22.8 Å². The molecule has 0 unspecified atom stereocenters. The Labute approximate surface area is 158 Å². The van der Waals surface area contributed by atoms with Gasteiger partial charge in [0, 0.05) is 15.8 Å². The maximum atomic E-state index is 12.5. The monoisotopic (exact) mass is 384 g/mol. The number of nitrogens with one attached hydrogen (secondary N) is 1. The average molecular weight is 384 g/mol. The van der Waals surface area contributed by atoms with Crippen molar-refractivity contribution >= 4 is 33.7 Å². The molecule has 26 heavy (non-hydrogen) atoms. The first kappa shape index (κ1) is 15.8. The van der Waals surface area contributed by atoms with Crippen molar-refractivity contribution in [3.05, 3.63) is 45.0 Å². The zero-order chi connectivity index (χ0) is 17.5. The molecule has 3 aromatic rings. The number of anilines is 1. The van der Waals surface area contributed by atoms with Crippen LogP contribution in [-0.2, 0) is 12.8 Å². The highest BCUT2D eigenvalue weighted by Crippen LogP contribution is 2.36. The van der Waals surface area contributed by atoms with E-state index in [2.05, 4.69) is 10.3 Å². The average Bonchev–Trinajstić information content (AvgIpc) is 3.37. The molecule has 7 heteroatoms. The lowest BCUT2D eigenvalue weighted by molar-refractivity contribution is 0.103. The molecule has 2 aliphatic rings. The molecule has 0 atom stereocenters. The van der Waals surface area contributed by atoms with Crippen molar-refractivity contribution < 1.29 is 14.3 Å². The third-order valence-corrected chi connectivity index (χ3v) is 6.53. The van der Waals surface area contributed by atoms with E-state index >= 15 is 0 Å². The summed E-state index contributed by atoms with van der Waals surface area (Å²) in [5.74, 6) is 1.42. The van der Waals surface area contributed by atoms with Crippen molar-refractivity contribution in [2.24, 2.45) is 0 Å². The second-order valence-electron chi connectivity index (χ2n) is 6.26. The van der Waals surface area contributed by atoms with Gasteiger partial charge in [-0.25, -0.2) is 4.98 Å². The molecule has 132 valence electrons. The minimum absolute atomic E-state index is 0.0764. The Bertz CT molecular complexity index is 971. The van der Waals surface area contributed by atoms with Gasteiger partial charge in [-0.1, -0.05) is 0 Å². The minimum atomic E-state index is -0.0764. The van der Waals surface area contributed by atoms with Crippen molar-refractivity contribution in [2.75, 3.05) is 18.5 Å². The summed E-state index contributed by atoms with van der Waals surface area (Å²) in [4.78, 5) is 19.2. The number of carbonyl (C=O) groups is 1. The van der Waals surface area contributed by atoms with E-state index in [4.69, 9.17) is 9.47 Å². The summed E-state index contributed by atoms with van der Waals surface area (Å²) in [5, 5.41) is 5.47. The van der Waals surface area contributed by atoms with Gasteiger partial charge in [-0.15, -0.1) is 22.7 Å². The van der Waals surface area contributed by atoms with Crippen LogP contribution in [-0.4, -0.2) is 24.1 Å². The standard InChI is InChI=1S/C19H16N2O3S2/c22-18(17-9-12-2-1-3-16(12)26-17)21-19-20-13(10-25-19)11-4-5-14-15(8-11)24-7-6-23-14/h4-5,8-10H,1-3,6-7H2,(H,20,21,22). The highest BCUT2D eigenvalue weighted by Gasteiger charge is 2.19. The van der Waals surface area contributed by atoms with Crippen molar-refractivity contribution in [1.29, 1.82) is 0 Å². The van der Waals surface area contributed by atoms with E-state index in [1.807, 2.05) is 29.6 Å². The molecule has 1 aliphatic heterocycles. The first-order valence-corrected chi connectivity index (χ1v) is 10.2. The van der Waals surface area contributed by atoms with Crippen LogP contribution in [0.4, 0.5) is 5.13 Å². The molecule has 0 radical (unpaired) electrons. The van der Waals surface area contributed by atoms with Gasteiger partial charge in [-0.05, 0) is 49.1 Å². The normalized spacial score (nSPS) is 14.9. The molecule has 0 saturated carbocycles. The van der Waals surface area contributed by atoms with Gasteiger partial charge < -0.3 is 9.47 Å². The smallest absolute Gasteiger partial charge is 0.267 e. The van der Waals surface area contributed by atoms with Crippen LogP contribution >= 0.6 is 22.7 Å². The minimum Gasteiger partial charge on any atom is -0.486 e. The maximum Gasteiger partial charge on any atom is 0.267 e. The van der Waals surface area contributed by atoms with Gasteiger partial charge in [0.05, 0.1) is 10.6 Å². The van der Waals surface area contributed by atoms with Gasteiger partial charge in [-0.2, -0.15) is 0 Å². The van der Waals surface area contributed by atoms with E-state index in [0.717, 1.165) is 40.5 Å². The van der Waals surface area contributed by atoms with E-state index in [9.17, 15) is 4.79 Å². The Balaban J connectivity index is 1.34. The van der Waals surface area contributed by atoms with Crippen LogP contribution in [0.25, 0.3) is 11.3 Å². The van der Waals surface area contributed by atoms with Crippen molar-refractivity contribution in [3.63, 3.8) is 0 Å². The number of fused-ring (bicyclic) bond motifs is 2. The number of benzene rings is 1. The fraction of sp³-hybridized carbons (Fsp3) is 0.263. The highest BCUT2D eigenvalue weighted by molar-refractivity contribution is 7.15. The summed E-state index contributed by atoms with van der Waals surface area (Å²) in [5.41, 5.74) is 3.09. The first-order chi connectivity index (χ1) is 12.8. The number of carbonyl (C=O) groups excluding carboxylic acids is 1. The predicted molar refractivity (Wildman–Crippen MR) is 103 cm³/mol. The molecular weight excluding hydrogens is 368 g/mol. The van der Waals surface area contributed by atoms with Gasteiger partial charge in [-0.3, -0.25) is 10.1 Å². The summed E-state index contributed by atoms with van der Waals surface area (Å²) in [7, 11) is 0. The Kier molecular flexibility index (Phi) is 3.90. The largest absolute Gasteiger partial charge is 0.486 e. The summed E-state index contributed by atoms with van der Waals surface area (Å²) in [6.45, 7) is 1.13. The molecule has 0 spiro atoms. The van der Waals surface area contributed by atoms with Crippen LogP contribution in [0.15, 0.2) is 29.6 Å². The Morgan fingerprint density at radius 3 is 2.88 bits per heavy atom. The van der Waals surface area contributed by atoms with Crippen LogP contribution in [0.5, 0.6) is 11.5 Å². The van der Waals surface area contributed by atoms with E-state index in [1.54, 1.807) is 11.3 Å². The summed E-state index contributed by atoms with van der Waals surface area (Å²) < 4.78 is 11.2. The molecule has 0 fully saturated rings. The van der Waals surface area contributed by atoms with E-state index in [0.29, 0.717) is 18.3 Å². The fourth-order valence-corrected chi connectivity index (χ4v) is 5.13. The number of thiazole rings is 1. The lowest BCUT2D eigenvalue weighted by atomic mass is 10.1. The summed E-state index contributed by atoms with van der Waals surface area (Å²) >= 11 is 3.03. The molecule has 1 N–H and O–H groups in total. The molecule has 3 heterocycles. The van der Waals surface area contributed by atoms with Crippen LogP contribution in [0, 0.1) is 0 Å². The van der Waals surface area contributed by atoms with Crippen LogP contribution in [0.2, 0.25) is 0 Å². The van der Waals surface area contributed by atoms with Gasteiger partial charge in [0.15, 0.2) is 16.6 Å². The SMILES string of the molecule is O=C(Nc1nc(-c2ccc3c(c2)OCCO3)cs1)c1cc2c(s1)CCC2. The molecule has 5 rings (SSSR count). The Hall–Kier alpha value is -2.38. The second-order valence-corrected chi connectivity index (χ2v) is 8.26. The lowest BCUT2D eigenvalue weighted by Crippen LogP contribution is -2.15. The molecule has 2 aromatic heterocycles. The molecule has 0 bridgehead atoms. The number of ether oxygens (including phenoxy) is 2. The predicted octanol–water partition coefficient (Wildman–Crippen LogP) is 4.38. The number of thiophene rings is 1. The molecule has 1 amide bonds. The van der Waals surface area contributed by atoms with Crippen molar-refractivity contribution in [2.45, 2.75) is 19.3 Å². The quantitative estimate of drug-likeness (QED) is 0.728. The van der Waals surface area contributed by atoms with E-state index < -0.39 is 0 Å². The number of aromatic nitrogens is 1. The number of hydrogen-bond donors (Lipinski definition) is 1. The number of rotatable bonds is 3. The summed E-state index contributed by atoms with van der Waals surface area (Å²) in [6, 6.07) is 7.81. The maximum absolute atomic E-state index is 12.5. The highest BCUT2D eigenvalue weighted by atomic mass is 32.1. The lowest BCUT2D eigenvalue weighted by Gasteiger charge is -2.18. The van der Waals surface area contributed by atoms with E-state index in [-0.39, 0.29) is 5.91 Å². The summed E-state index contributed by atoms with van der Waals surface area (Å²) in [6.07, 6.45) is 3.39. The van der Waals surface area contributed by atoms with Crippen LogP contribution in [0.1, 0.15) is 26.5 Å². The van der Waals surface area contributed by atoms with Crippen LogP contribution in [0.3, 0.4) is 0 Å². The fourth-order valence-electron chi connectivity index (χ4n) is 3.27. The van der Waals surface area contributed by atoms with Gasteiger partial charge >= 0.3 is 0 Å². The number of hydrogen-bond acceptors (Lipinski definition) is 6. The molecular formula is C19H16N2O3S2. The molecule has 1 aliphatic carbocycles. The Morgan fingerprint density at radius 1 is 1.12 bits per heavy atom. The molecule has 0 saturated heterocycles. The third kappa shape index (κ3) is 2.87. The van der Waals surface area contributed by atoms with Crippen molar-refractivity contribution in [1.82, 2.24) is 4.98 Å². The number of amides is 1. The second kappa shape index (κ2) is 6.41. The topological polar surface area (TPSA) is 60.5 Å². The first-order valence-electron chi connectivity index (χ1n) is 8.55. The Morgan fingerprint density at radius 2 is 2.00 bits per heavy atom.